The summed E-state index contributed by atoms with van der Waals surface area (Å²) >= 11 is 6.12. The summed E-state index contributed by atoms with van der Waals surface area (Å²) in [6.45, 7) is 7.14. The quantitative estimate of drug-likeness (QED) is 0.431. The SMILES string of the molecule is Cc1cccc(CO[C@@H](CN2CCN(C(=O)NCCc3ccccc3)CC2)c2ccc(Cl)cc2)c1. The topological polar surface area (TPSA) is 44.8 Å². The number of carbonyl (C=O) groups is 1. The Morgan fingerprint density at radius 3 is 2.37 bits per heavy atom. The summed E-state index contributed by atoms with van der Waals surface area (Å²) in [7, 11) is 0. The van der Waals surface area contributed by atoms with Gasteiger partial charge in [0, 0.05) is 44.3 Å². The third-order valence-electron chi connectivity index (χ3n) is 6.39. The lowest BCUT2D eigenvalue weighted by molar-refractivity contribution is 0.00556. The molecule has 2 amide bonds. The second kappa shape index (κ2) is 12.7. The average Bonchev–Trinajstić information content (AvgIpc) is 2.88. The van der Waals surface area contributed by atoms with Crippen LogP contribution in [0.4, 0.5) is 4.79 Å². The third-order valence-corrected chi connectivity index (χ3v) is 6.64. The molecule has 6 heteroatoms. The van der Waals surface area contributed by atoms with Crippen LogP contribution in [0.3, 0.4) is 0 Å². The number of piperazine rings is 1. The van der Waals surface area contributed by atoms with Gasteiger partial charge in [0.05, 0.1) is 12.7 Å². The predicted molar refractivity (Wildman–Crippen MR) is 142 cm³/mol. The van der Waals surface area contributed by atoms with Gasteiger partial charge in [-0.2, -0.15) is 0 Å². The number of hydrogen-bond acceptors (Lipinski definition) is 3. The van der Waals surface area contributed by atoms with Gasteiger partial charge < -0.3 is 15.0 Å². The fourth-order valence-corrected chi connectivity index (χ4v) is 4.49. The molecular formula is C29H34ClN3O2. The lowest BCUT2D eigenvalue weighted by atomic mass is 10.1. The molecular weight excluding hydrogens is 458 g/mol. The van der Waals surface area contributed by atoms with Crippen LogP contribution in [-0.4, -0.2) is 55.1 Å². The summed E-state index contributed by atoms with van der Waals surface area (Å²) in [5.74, 6) is 0. The first-order valence-corrected chi connectivity index (χ1v) is 12.7. The van der Waals surface area contributed by atoms with Crippen molar-refractivity contribution in [1.82, 2.24) is 15.1 Å². The number of nitrogens with zero attached hydrogens (tertiary/aromatic N) is 2. The van der Waals surface area contributed by atoms with Crippen molar-refractivity contribution in [2.45, 2.75) is 26.1 Å². The minimum Gasteiger partial charge on any atom is -0.368 e. The number of nitrogens with one attached hydrogen (secondary N) is 1. The van der Waals surface area contributed by atoms with Crippen LogP contribution < -0.4 is 5.32 Å². The molecule has 1 N–H and O–H groups in total. The zero-order valence-corrected chi connectivity index (χ0v) is 21.1. The Labute approximate surface area is 213 Å². The molecule has 0 aliphatic carbocycles. The summed E-state index contributed by atoms with van der Waals surface area (Å²) in [6.07, 6.45) is 0.771. The van der Waals surface area contributed by atoms with E-state index < -0.39 is 0 Å². The van der Waals surface area contributed by atoms with Crippen LogP contribution >= 0.6 is 11.6 Å². The highest BCUT2D eigenvalue weighted by molar-refractivity contribution is 6.30. The molecule has 1 saturated heterocycles. The third kappa shape index (κ3) is 7.82. The molecule has 1 aliphatic rings. The standard InChI is InChI=1S/C29H34ClN3O2/c1-23-6-5-9-25(20-23)22-35-28(26-10-12-27(30)13-11-26)21-32-16-18-33(19-17-32)29(34)31-15-14-24-7-3-2-4-8-24/h2-13,20,28H,14-19,21-22H2,1H3,(H,31,34)/t28-/m0/s1. The molecule has 3 aromatic rings. The van der Waals surface area contributed by atoms with Crippen LogP contribution in [0.1, 0.15) is 28.4 Å². The minimum absolute atomic E-state index is 0.0190. The molecule has 0 spiro atoms. The van der Waals surface area contributed by atoms with E-state index in [9.17, 15) is 4.79 Å². The van der Waals surface area contributed by atoms with Gasteiger partial charge in [-0.05, 0) is 42.2 Å². The molecule has 0 unspecified atom stereocenters. The monoisotopic (exact) mass is 491 g/mol. The Bertz CT molecular complexity index is 1070. The number of halogens is 1. The maximum atomic E-state index is 12.6. The van der Waals surface area contributed by atoms with Crippen molar-refractivity contribution in [2.24, 2.45) is 0 Å². The zero-order chi connectivity index (χ0) is 24.5. The number of benzene rings is 3. The Morgan fingerprint density at radius 1 is 0.943 bits per heavy atom. The van der Waals surface area contributed by atoms with Gasteiger partial charge in [-0.1, -0.05) is 83.9 Å². The van der Waals surface area contributed by atoms with Crippen molar-refractivity contribution >= 4 is 17.6 Å². The van der Waals surface area contributed by atoms with E-state index in [-0.39, 0.29) is 12.1 Å². The highest BCUT2D eigenvalue weighted by atomic mass is 35.5. The first kappa shape index (κ1) is 25.2. The van der Waals surface area contributed by atoms with E-state index in [0.717, 1.165) is 36.6 Å². The molecule has 5 nitrogen and oxygen atoms in total. The average molecular weight is 492 g/mol. The van der Waals surface area contributed by atoms with Gasteiger partial charge in [0.2, 0.25) is 0 Å². The van der Waals surface area contributed by atoms with Crippen molar-refractivity contribution in [3.8, 4) is 0 Å². The molecule has 1 atom stereocenters. The molecule has 0 bridgehead atoms. The maximum Gasteiger partial charge on any atom is 0.317 e. The van der Waals surface area contributed by atoms with E-state index in [1.807, 2.05) is 47.4 Å². The number of carbonyl (C=O) groups excluding carboxylic acids is 1. The Hall–Kier alpha value is -2.86. The number of ether oxygens (including phenoxy) is 1. The van der Waals surface area contributed by atoms with Gasteiger partial charge >= 0.3 is 6.03 Å². The highest BCUT2D eigenvalue weighted by Crippen LogP contribution is 2.23. The number of hydrogen-bond donors (Lipinski definition) is 1. The van der Waals surface area contributed by atoms with E-state index in [0.29, 0.717) is 26.2 Å². The van der Waals surface area contributed by atoms with Crippen LogP contribution in [0.5, 0.6) is 0 Å². The van der Waals surface area contributed by atoms with E-state index in [4.69, 9.17) is 16.3 Å². The largest absolute Gasteiger partial charge is 0.368 e. The fraction of sp³-hybridized carbons (Fsp3) is 0.345. The number of urea groups is 1. The molecule has 1 aliphatic heterocycles. The van der Waals surface area contributed by atoms with Crippen LogP contribution in [-0.2, 0) is 17.8 Å². The van der Waals surface area contributed by atoms with E-state index in [2.05, 4.69) is 53.5 Å². The molecule has 0 saturated carbocycles. The molecule has 1 heterocycles. The smallest absolute Gasteiger partial charge is 0.317 e. The van der Waals surface area contributed by atoms with Gasteiger partial charge in [0.1, 0.15) is 0 Å². The molecule has 1 fully saturated rings. The summed E-state index contributed by atoms with van der Waals surface area (Å²) in [5.41, 5.74) is 4.74. The molecule has 0 aromatic heterocycles. The Balaban J connectivity index is 1.28. The van der Waals surface area contributed by atoms with Gasteiger partial charge in [-0.25, -0.2) is 4.79 Å². The fourth-order valence-electron chi connectivity index (χ4n) is 4.37. The summed E-state index contributed by atoms with van der Waals surface area (Å²) in [5, 5.41) is 3.78. The zero-order valence-electron chi connectivity index (χ0n) is 20.3. The molecule has 4 rings (SSSR count). The molecule has 184 valence electrons. The molecule has 35 heavy (non-hydrogen) atoms. The van der Waals surface area contributed by atoms with Crippen molar-refractivity contribution in [2.75, 3.05) is 39.3 Å². The minimum atomic E-state index is -0.0703. The first-order valence-electron chi connectivity index (χ1n) is 12.3. The maximum absolute atomic E-state index is 12.6. The highest BCUT2D eigenvalue weighted by Gasteiger charge is 2.24. The van der Waals surface area contributed by atoms with E-state index in [1.54, 1.807) is 0 Å². The lowest BCUT2D eigenvalue weighted by Gasteiger charge is -2.36. The van der Waals surface area contributed by atoms with Gasteiger partial charge in [0.25, 0.3) is 0 Å². The molecule has 3 aromatic carbocycles. The van der Waals surface area contributed by atoms with Gasteiger partial charge in [-0.15, -0.1) is 0 Å². The second-order valence-electron chi connectivity index (χ2n) is 9.10. The van der Waals surface area contributed by atoms with Crippen LogP contribution in [0.15, 0.2) is 78.9 Å². The van der Waals surface area contributed by atoms with Crippen molar-refractivity contribution in [1.29, 1.82) is 0 Å². The van der Waals surface area contributed by atoms with E-state index >= 15 is 0 Å². The van der Waals surface area contributed by atoms with E-state index in [1.165, 1.54) is 16.7 Å². The summed E-state index contributed by atoms with van der Waals surface area (Å²) in [4.78, 5) is 16.9. The Kier molecular flexibility index (Phi) is 9.18. The van der Waals surface area contributed by atoms with Crippen molar-refractivity contribution in [3.63, 3.8) is 0 Å². The normalized spacial score (nSPS) is 15.1. The second-order valence-corrected chi connectivity index (χ2v) is 9.53. The predicted octanol–water partition coefficient (Wildman–Crippen LogP) is 5.48. The van der Waals surface area contributed by atoms with Crippen molar-refractivity contribution in [3.05, 3.63) is 106 Å². The summed E-state index contributed by atoms with van der Waals surface area (Å²) in [6, 6.07) is 26.6. The van der Waals surface area contributed by atoms with Crippen LogP contribution in [0, 0.1) is 6.92 Å². The number of aryl methyl sites for hydroxylation is 1. The van der Waals surface area contributed by atoms with Crippen molar-refractivity contribution < 1.29 is 9.53 Å². The lowest BCUT2D eigenvalue weighted by Crippen LogP contribution is -2.52. The Morgan fingerprint density at radius 2 is 1.66 bits per heavy atom. The number of amides is 2. The van der Waals surface area contributed by atoms with Gasteiger partial charge in [0.15, 0.2) is 0 Å². The molecule has 0 radical (unpaired) electrons. The number of rotatable bonds is 9. The first-order chi connectivity index (χ1) is 17.1. The summed E-state index contributed by atoms with van der Waals surface area (Å²) < 4.78 is 6.40. The van der Waals surface area contributed by atoms with Crippen LogP contribution in [0.2, 0.25) is 5.02 Å². The van der Waals surface area contributed by atoms with Crippen LogP contribution in [0.25, 0.3) is 0 Å². The van der Waals surface area contributed by atoms with Gasteiger partial charge in [-0.3, -0.25) is 4.90 Å².